The number of carbonyl (C=O) groups is 2. The number of aryl methyl sites for hydroxylation is 1. The molecule has 0 bridgehead atoms. The highest BCUT2D eigenvalue weighted by atomic mass is 19.1. The van der Waals surface area contributed by atoms with Crippen LogP contribution in [0.5, 0.6) is 0 Å². The lowest BCUT2D eigenvalue weighted by atomic mass is 9.95. The van der Waals surface area contributed by atoms with E-state index in [1.165, 1.54) is 6.26 Å². The SMILES string of the molecule is Cc1cc2occ(CC(=O)NC(CF)C(=O)O)c2cc1C(C)C. The number of amides is 1. The van der Waals surface area contributed by atoms with Crippen molar-refractivity contribution in [3.8, 4) is 0 Å². The molecule has 5 nitrogen and oxygen atoms in total. The number of carboxylic acids is 1. The Bertz CT molecular complexity index is 736. The minimum absolute atomic E-state index is 0.0582. The van der Waals surface area contributed by atoms with Gasteiger partial charge in [0.15, 0.2) is 6.04 Å². The average Bonchev–Trinajstić information content (AvgIpc) is 2.85. The Balaban J connectivity index is 2.25. The number of furan rings is 1. The highest BCUT2D eigenvalue weighted by Crippen LogP contribution is 2.29. The summed E-state index contributed by atoms with van der Waals surface area (Å²) >= 11 is 0. The van der Waals surface area contributed by atoms with Crippen LogP contribution in [0.3, 0.4) is 0 Å². The molecule has 1 amide bonds. The van der Waals surface area contributed by atoms with Crippen LogP contribution in [-0.2, 0) is 16.0 Å². The van der Waals surface area contributed by atoms with E-state index in [2.05, 4.69) is 19.2 Å². The molecule has 0 aliphatic heterocycles. The van der Waals surface area contributed by atoms with Crippen molar-refractivity contribution in [2.75, 3.05) is 6.67 Å². The highest BCUT2D eigenvalue weighted by Gasteiger charge is 2.21. The lowest BCUT2D eigenvalue weighted by Crippen LogP contribution is -2.42. The molecule has 0 aliphatic rings. The molecule has 0 radical (unpaired) electrons. The minimum Gasteiger partial charge on any atom is -0.480 e. The second-order valence-electron chi connectivity index (χ2n) is 5.91. The third kappa shape index (κ3) is 3.70. The maximum Gasteiger partial charge on any atom is 0.328 e. The molecule has 1 atom stereocenters. The Labute approximate surface area is 133 Å². The Morgan fingerprint density at radius 2 is 2.04 bits per heavy atom. The van der Waals surface area contributed by atoms with Gasteiger partial charge in [0.05, 0.1) is 12.7 Å². The van der Waals surface area contributed by atoms with Gasteiger partial charge in [-0.15, -0.1) is 0 Å². The van der Waals surface area contributed by atoms with Crippen molar-refractivity contribution < 1.29 is 23.5 Å². The zero-order valence-electron chi connectivity index (χ0n) is 13.4. The van der Waals surface area contributed by atoms with Crippen molar-refractivity contribution in [2.45, 2.75) is 39.2 Å². The number of halogens is 1. The number of carbonyl (C=O) groups excluding carboxylic acids is 1. The van der Waals surface area contributed by atoms with Crippen LogP contribution in [0.1, 0.15) is 36.5 Å². The lowest BCUT2D eigenvalue weighted by molar-refractivity contribution is -0.142. The van der Waals surface area contributed by atoms with E-state index in [0.29, 0.717) is 17.1 Å². The van der Waals surface area contributed by atoms with E-state index < -0.39 is 24.6 Å². The number of carboxylic acid groups (broad SMARTS) is 1. The minimum atomic E-state index is -1.52. The fourth-order valence-corrected chi connectivity index (χ4v) is 2.59. The van der Waals surface area contributed by atoms with E-state index in [1.807, 2.05) is 19.1 Å². The van der Waals surface area contributed by atoms with Crippen LogP contribution >= 0.6 is 0 Å². The van der Waals surface area contributed by atoms with Crippen molar-refractivity contribution in [3.63, 3.8) is 0 Å². The standard InChI is InChI=1S/C17H20FNO4/c1-9(2)12-6-13-11(8-23-15(13)4-10(12)3)5-16(20)19-14(7-18)17(21)22/h4,6,8-9,14H,5,7H2,1-3H3,(H,19,20)(H,21,22). The van der Waals surface area contributed by atoms with Crippen molar-refractivity contribution in [2.24, 2.45) is 0 Å². The maximum absolute atomic E-state index is 12.6. The number of fused-ring (bicyclic) bond motifs is 1. The molecule has 2 N–H and O–H groups in total. The molecule has 1 heterocycles. The first-order chi connectivity index (χ1) is 10.8. The Morgan fingerprint density at radius 1 is 1.35 bits per heavy atom. The monoisotopic (exact) mass is 321 g/mol. The van der Waals surface area contributed by atoms with Crippen LogP contribution in [-0.4, -0.2) is 29.7 Å². The summed E-state index contributed by atoms with van der Waals surface area (Å²) in [6.07, 6.45) is 1.43. The van der Waals surface area contributed by atoms with Crippen LogP contribution in [0.2, 0.25) is 0 Å². The first-order valence-electron chi connectivity index (χ1n) is 7.42. The third-order valence-electron chi connectivity index (χ3n) is 3.80. The van der Waals surface area contributed by atoms with Gasteiger partial charge in [-0.1, -0.05) is 13.8 Å². The van der Waals surface area contributed by atoms with Crippen molar-refractivity contribution in [3.05, 3.63) is 35.1 Å². The summed E-state index contributed by atoms with van der Waals surface area (Å²) in [4.78, 5) is 22.7. The summed E-state index contributed by atoms with van der Waals surface area (Å²) in [6.45, 7) is 5.02. The summed E-state index contributed by atoms with van der Waals surface area (Å²) < 4.78 is 18.0. The summed E-state index contributed by atoms with van der Waals surface area (Å²) in [7, 11) is 0. The van der Waals surface area contributed by atoms with Gasteiger partial charge in [0.1, 0.15) is 12.3 Å². The fraction of sp³-hybridized carbons (Fsp3) is 0.412. The van der Waals surface area contributed by atoms with E-state index in [0.717, 1.165) is 16.5 Å². The Kier molecular flexibility index (Phi) is 5.03. The molecule has 0 spiro atoms. The molecule has 2 aromatic rings. The third-order valence-corrected chi connectivity index (χ3v) is 3.80. The smallest absolute Gasteiger partial charge is 0.328 e. The molecule has 0 aliphatic carbocycles. The second kappa shape index (κ2) is 6.81. The van der Waals surface area contributed by atoms with Crippen LogP contribution in [0.15, 0.2) is 22.8 Å². The van der Waals surface area contributed by atoms with E-state index >= 15 is 0 Å². The predicted octanol–water partition coefficient (Wildman–Crippen LogP) is 2.95. The first kappa shape index (κ1) is 17.0. The normalized spacial score (nSPS) is 12.6. The van der Waals surface area contributed by atoms with Crippen LogP contribution in [0, 0.1) is 6.92 Å². The molecule has 124 valence electrons. The molecule has 1 aromatic heterocycles. The number of alkyl halides is 1. The van der Waals surface area contributed by atoms with Gasteiger partial charge in [0, 0.05) is 10.9 Å². The number of nitrogens with one attached hydrogen (secondary N) is 1. The quantitative estimate of drug-likeness (QED) is 0.857. The van der Waals surface area contributed by atoms with Gasteiger partial charge in [0.2, 0.25) is 5.91 Å². The summed E-state index contributed by atoms with van der Waals surface area (Å²) in [5.74, 6) is -1.61. The maximum atomic E-state index is 12.6. The zero-order chi connectivity index (χ0) is 17.1. The first-order valence-corrected chi connectivity index (χ1v) is 7.42. The average molecular weight is 321 g/mol. The molecule has 2 rings (SSSR count). The molecular weight excluding hydrogens is 301 g/mol. The molecule has 23 heavy (non-hydrogen) atoms. The molecule has 6 heteroatoms. The molecule has 0 fully saturated rings. The molecular formula is C17H20FNO4. The Morgan fingerprint density at radius 3 is 2.61 bits per heavy atom. The van der Waals surface area contributed by atoms with Gasteiger partial charge >= 0.3 is 5.97 Å². The molecule has 1 unspecified atom stereocenters. The summed E-state index contributed by atoms with van der Waals surface area (Å²) in [5, 5.41) is 11.8. The number of benzene rings is 1. The largest absolute Gasteiger partial charge is 0.480 e. The highest BCUT2D eigenvalue weighted by molar-refractivity contribution is 5.90. The molecule has 0 saturated heterocycles. The molecule has 1 aromatic carbocycles. The summed E-state index contributed by atoms with van der Waals surface area (Å²) in [6, 6.07) is 2.40. The fourth-order valence-electron chi connectivity index (χ4n) is 2.59. The number of hydrogen-bond acceptors (Lipinski definition) is 3. The number of aliphatic carboxylic acids is 1. The van der Waals surface area contributed by atoms with Crippen molar-refractivity contribution >= 4 is 22.8 Å². The van der Waals surface area contributed by atoms with E-state index in [1.54, 1.807) is 0 Å². The van der Waals surface area contributed by atoms with Crippen molar-refractivity contribution in [1.82, 2.24) is 5.32 Å². The van der Waals surface area contributed by atoms with E-state index in [-0.39, 0.29) is 6.42 Å². The van der Waals surface area contributed by atoms with Gasteiger partial charge in [-0.05, 0) is 36.1 Å². The van der Waals surface area contributed by atoms with Crippen LogP contribution in [0.25, 0.3) is 11.0 Å². The lowest BCUT2D eigenvalue weighted by Gasteiger charge is -2.11. The number of hydrogen-bond donors (Lipinski definition) is 2. The topological polar surface area (TPSA) is 79.5 Å². The van der Waals surface area contributed by atoms with Gasteiger partial charge < -0.3 is 14.8 Å². The molecule has 0 saturated carbocycles. The second-order valence-corrected chi connectivity index (χ2v) is 5.91. The van der Waals surface area contributed by atoms with Crippen LogP contribution < -0.4 is 5.32 Å². The van der Waals surface area contributed by atoms with Gasteiger partial charge in [-0.2, -0.15) is 0 Å². The summed E-state index contributed by atoms with van der Waals surface area (Å²) in [5.41, 5.74) is 3.60. The van der Waals surface area contributed by atoms with Gasteiger partial charge in [-0.25, -0.2) is 9.18 Å². The van der Waals surface area contributed by atoms with Crippen molar-refractivity contribution in [1.29, 1.82) is 0 Å². The van der Waals surface area contributed by atoms with E-state index in [9.17, 15) is 14.0 Å². The van der Waals surface area contributed by atoms with E-state index in [4.69, 9.17) is 9.52 Å². The van der Waals surface area contributed by atoms with Crippen LogP contribution in [0.4, 0.5) is 4.39 Å². The Hall–Kier alpha value is -2.37. The van der Waals surface area contributed by atoms with Gasteiger partial charge in [-0.3, -0.25) is 4.79 Å². The number of rotatable bonds is 6. The predicted molar refractivity (Wildman–Crippen MR) is 84.3 cm³/mol. The zero-order valence-corrected chi connectivity index (χ0v) is 13.4. The van der Waals surface area contributed by atoms with Gasteiger partial charge in [0.25, 0.3) is 0 Å².